The summed E-state index contributed by atoms with van der Waals surface area (Å²) in [6, 6.07) is 134. The fourth-order valence-corrected chi connectivity index (χ4v) is 5.52. The largest absolute Gasteiger partial charge is 0.388 e. The van der Waals surface area contributed by atoms with E-state index in [1.807, 2.05) is 383 Å². The number of methoxy groups -OCH3 is 8. The third-order valence-electron chi connectivity index (χ3n) is 9.64. The molecule has 0 aliphatic carbocycles. The van der Waals surface area contributed by atoms with Crippen LogP contribution in [-0.4, -0.2) is 114 Å². The lowest BCUT2D eigenvalue weighted by Gasteiger charge is -1.82. The van der Waals surface area contributed by atoms with Gasteiger partial charge >= 0.3 is 0 Å². The van der Waals surface area contributed by atoms with E-state index < -0.39 is 0 Å². The lowest BCUT2D eigenvalue weighted by molar-refractivity contribution is 0.277. The van der Waals surface area contributed by atoms with Gasteiger partial charge in [0.05, 0.1) is 0 Å². The Labute approximate surface area is 758 Å². The minimum Gasteiger partial charge on any atom is -0.388 e. The molecule has 0 unspecified atom stereocenters. The monoisotopic (exact) mass is 1690 g/mol. The lowest BCUT2D eigenvalue weighted by Crippen LogP contribution is -1.62. The zero-order valence-corrected chi connectivity index (χ0v) is 85.2. The molecule has 0 aliphatic rings. The smallest absolute Gasteiger partial charge is 0.0351 e. The van der Waals surface area contributed by atoms with E-state index in [0.29, 0.717) is 0 Å². The van der Waals surface area contributed by atoms with Gasteiger partial charge in [-0.2, -0.15) is 0 Å². The number of aryl methyl sites for hydroxylation is 6. The van der Waals surface area contributed by atoms with E-state index in [1.54, 1.807) is 114 Å². The molecular formula is C114H188O8. The Morgan fingerprint density at radius 1 is 0.115 bits per heavy atom. The van der Waals surface area contributed by atoms with E-state index in [2.05, 4.69) is 208 Å². The molecule has 692 valence electrons. The molecule has 12 aromatic carbocycles. The van der Waals surface area contributed by atoms with Gasteiger partial charge in [0.15, 0.2) is 0 Å². The van der Waals surface area contributed by atoms with Crippen molar-refractivity contribution in [1.82, 2.24) is 0 Å². The zero-order chi connectivity index (χ0) is 96.6. The van der Waals surface area contributed by atoms with Crippen LogP contribution >= 0.6 is 0 Å². The van der Waals surface area contributed by atoms with Gasteiger partial charge in [0.1, 0.15) is 0 Å². The van der Waals surface area contributed by atoms with E-state index >= 15 is 0 Å². The average molecular weight is 1690 g/mol. The Hall–Kier alpha value is -9.68. The number of hydrogen-bond donors (Lipinski definition) is 0. The maximum atomic E-state index is 4.25. The molecule has 8 heteroatoms. The van der Waals surface area contributed by atoms with Crippen LogP contribution in [-0.2, 0) is 37.9 Å². The first kappa shape index (κ1) is 150. The zero-order valence-electron chi connectivity index (χ0n) is 85.2. The second-order valence-corrected chi connectivity index (χ2v) is 23.0. The summed E-state index contributed by atoms with van der Waals surface area (Å²) in [6.07, 6.45) is 5.00. The minimum absolute atomic E-state index is 1.25. The van der Waals surface area contributed by atoms with Crippen molar-refractivity contribution in [2.45, 2.75) is 178 Å². The molecule has 0 amide bonds. The molecule has 0 heterocycles. The van der Waals surface area contributed by atoms with Crippen LogP contribution in [0, 0.1) is 41.5 Å². The standard InChI is InChI=1S/6C7H8.6C6H6.4C3H8.8C2H6O.4C2H6/c6*1-7-5-3-2-4-6-7;6*1-2-4-6-5-3-1;12*1-3-2;4*1-2/h6*2-6H,1H3;6*1-6H;4*3H2,1-2H3;8*1-2H3;4*1-2H3. The molecule has 0 saturated heterocycles. The van der Waals surface area contributed by atoms with Crippen molar-refractivity contribution >= 4 is 0 Å². The molecule has 0 aromatic heterocycles. The Balaban J connectivity index is -0.0000000689. The van der Waals surface area contributed by atoms with Gasteiger partial charge in [0.2, 0.25) is 0 Å². The lowest BCUT2D eigenvalue weighted by atomic mass is 10.2. The number of rotatable bonds is 0. The van der Waals surface area contributed by atoms with Crippen molar-refractivity contribution in [3.8, 4) is 0 Å². The first-order chi connectivity index (χ1) is 59.3. The van der Waals surface area contributed by atoms with E-state index in [9.17, 15) is 0 Å². The second-order valence-electron chi connectivity index (χ2n) is 23.0. The van der Waals surface area contributed by atoms with Gasteiger partial charge in [0, 0.05) is 114 Å². The van der Waals surface area contributed by atoms with Crippen LogP contribution in [0.1, 0.15) is 170 Å². The van der Waals surface area contributed by atoms with Crippen molar-refractivity contribution in [2.75, 3.05) is 114 Å². The Morgan fingerprint density at radius 3 is 0.172 bits per heavy atom. The van der Waals surface area contributed by atoms with Gasteiger partial charge in [-0.05, 0) is 41.5 Å². The highest BCUT2D eigenvalue weighted by atomic mass is 16.5. The summed E-state index contributed by atoms with van der Waals surface area (Å²) in [6.45, 7) is 45.5. The Kier molecular flexibility index (Phi) is 224. The van der Waals surface area contributed by atoms with Crippen LogP contribution in [0.25, 0.3) is 0 Å². The van der Waals surface area contributed by atoms with E-state index in [1.165, 1.54) is 59.1 Å². The Morgan fingerprint density at radius 2 is 0.148 bits per heavy atom. The normalized spacial score (nSPS) is 7.33. The molecule has 12 aromatic rings. The predicted octanol–water partition coefficient (Wildman–Crippen LogP) is 34.0. The summed E-state index contributed by atoms with van der Waals surface area (Å²) < 4.78 is 34.0. The maximum absolute atomic E-state index is 4.25. The van der Waals surface area contributed by atoms with Gasteiger partial charge in [-0.3, -0.25) is 0 Å². The fourth-order valence-electron chi connectivity index (χ4n) is 5.52. The molecule has 0 spiro atoms. The summed E-state index contributed by atoms with van der Waals surface area (Å²) in [5.74, 6) is 0. The first-order valence-corrected chi connectivity index (χ1v) is 42.7. The van der Waals surface area contributed by atoms with Crippen LogP contribution in [0.15, 0.2) is 400 Å². The summed E-state index contributed by atoms with van der Waals surface area (Å²) in [5, 5.41) is 0. The predicted molar refractivity (Wildman–Crippen MR) is 558 cm³/mol. The molecule has 0 fully saturated rings. The van der Waals surface area contributed by atoms with Crippen LogP contribution in [0.5, 0.6) is 0 Å². The number of benzene rings is 12. The van der Waals surface area contributed by atoms with Crippen molar-refractivity contribution in [1.29, 1.82) is 0 Å². The topological polar surface area (TPSA) is 73.8 Å². The molecule has 0 N–H and O–H groups in total. The highest BCUT2D eigenvalue weighted by Gasteiger charge is 1.76. The third kappa shape index (κ3) is 239. The van der Waals surface area contributed by atoms with Crippen LogP contribution in [0.2, 0.25) is 0 Å². The van der Waals surface area contributed by atoms with Crippen molar-refractivity contribution < 1.29 is 37.9 Å². The van der Waals surface area contributed by atoms with Gasteiger partial charge < -0.3 is 37.9 Å². The average Bonchev–Trinajstić information content (AvgIpc) is 1.03. The fraction of sp³-hybridized carbons (Fsp3) is 0.368. The molecule has 0 radical (unpaired) electrons. The minimum atomic E-state index is 1.25. The molecule has 0 atom stereocenters. The molecule has 122 heavy (non-hydrogen) atoms. The number of ether oxygens (including phenoxy) is 8. The van der Waals surface area contributed by atoms with Crippen LogP contribution in [0.4, 0.5) is 0 Å². The molecule has 0 saturated carbocycles. The highest BCUT2D eigenvalue weighted by molar-refractivity contribution is 5.16. The SMILES string of the molecule is CC.CC.CC.CC.CCC.CCC.CCC.CCC.COC.COC.COC.COC.COC.COC.COC.COC.Cc1ccccc1.Cc1ccccc1.Cc1ccccc1.Cc1ccccc1.Cc1ccccc1.Cc1ccccc1.c1ccccc1.c1ccccc1.c1ccccc1.c1ccccc1.c1ccccc1.c1ccccc1. The molecule has 0 aliphatic heterocycles. The quantitative estimate of drug-likeness (QED) is 0.149. The molecule has 0 bridgehead atoms. The molecule has 12 rings (SSSR count). The second kappa shape index (κ2) is 182. The number of hydrogen-bond acceptors (Lipinski definition) is 8. The first-order valence-electron chi connectivity index (χ1n) is 42.7. The molecule has 8 nitrogen and oxygen atoms in total. The maximum Gasteiger partial charge on any atom is 0.0351 e. The highest BCUT2D eigenvalue weighted by Crippen LogP contribution is 1.97. The summed E-state index contributed by atoms with van der Waals surface area (Å²) in [4.78, 5) is 0. The van der Waals surface area contributed by atoms with Crippen LogP contribution < -0.4 is 0 Å². The molecular weight excluding hydrogens is 1500 g/mol. The van der Waals surface area contributed by atoms with Gasteiger partial charge in [-0.15, -0.1) is 0 Å². The van der Waals surface area contributed by atoms with E-state index in [-0.39, 0.29) is 0 Å². The van der Waals surface area contributed by atoms with Crippen molar-refractivity contribution in [2.24, 2.45) is 0 Å². The van der Waals surface area contributed by atoms with E-state index in [0.717, 1.165) is 0 Å². The van der Waals surface area contributed by atoms with Gasteiger partial charge in [-0.25, -0.2) is 0 Å². The van der Waals surface area contributed by atoms with Crippen molar-refractivity contribution in [3.63, 3.8) is 0 Å². The van der Waals surface area contributed by atoms with Crippen molar-refractivity contribution in [3.05, 3.63) is 434 Å². The van der Waals surface area contributed by atoms with Gasteiger partial charge in [0.25, 0.3) is 0 Å². The van der Waals surface area contributed by atoms with E-state index in [4.69, 9.17) is 0 Å². The Bertz CT molecular complexity index is 2380. The summed E-state index contributed by atoms with van der Waals surface area (Å²) in [5.41, 5.74) is 7.93. The third-order valence-corrected chi connectivity index (χ3v) is 9.64. The van der Waals surface area contributed by atoms with Gasteiger partial charge in [-0.1, -0.05) is 570 Å². The summed E-state index contributed by atoms with van der Waals surface area (Å²) in [7, 11) is 26.0. The van der Waals surface area contributed by atoms with Crippen LogP contribution in [0.3, 0.4) is 0 Å². The summed E-state index contributed by atoms with van der Waals surface area (Å²) >= 11 is 0.